The maximum Gasteiger partial charge on any atom is 0.272 e. The van der Waals surface area contributed by atoms with Crippen molar-refractivity contribution in [3.8, 4) is 0 Å². The van der Waals surface area contributed by atoms with Crippen molar-refractivity contribution in [2.45, 2.75) is 52.0 Å². The highest BCUT2D eigenvalue weighted by Gasteiger charge is 2.30. The summed E-state index contributed by atoms with van der Waals surface area (Å²) < 4.78 is 0. The Balaban J connectivity index is 1.87. The molecule has 0 aromatic carbocycles. The summed E-state index contributed by atoms with van der Waals surface area (Å²) >= 11 is 1.77. The van der Waals surface area contributed by atoms with Crippen molar-refractivity contribution in [3.05, 3.63) is 45.2 Å². The Bertz CT molecular complexity index is 710. The van der Waals surface area contributed by atoms with E-state index in [0.29, 0.717) is 5.69 Å². The highest BCUT2D eigenvalue weighted by atomic mass is 32.1. The first-order chi connectivity index (χ1) is 11.1. The van der Waals surface area contributed by atoms with E-state index in [4.69, 9.17) is 4.98 Å². The third kappa shape index (κ3) is 3.15. The molecular formula is C18H23N3OS. The van der Waals surface area contributed by atoms with Crippen LogP contribution in [-0.4, -0.2) is 27.8 Å². The standard InChI is InChI=1S/C18H23N3OS/c1-4-12-9-10-19-14(11-12)18(22)21(3)15-8-6-7-13-17(15)23-16(5-2)20-13/h9-11,15H,4-8H2,1-3H3/t15-/m0/s1. The van der Waals surface area contributed by atoms with Crippen LogP contribution in [0, 0.1) is 0 Å². The van der Waals surface area contributed by atoms with Crippen molar-refractivity contribution < 1.29 is 4.79 Å². The number of fused-ring (bicyclic) bond motifs is 1. The SMILES string of the molecule is CCc1ccnc(C(=O)N(C)[C@H]2CCCc3nc(CC)sc32)c1. The van der Waals surface area contributed by atoms with Crippen molar-refractivity contribution in [3.63, 3.8) is 0 Å². The fourth-order valence-electron chi connectivity index (χ4n) is 3.10. The molecule has 0 radical (unpaired) electrons. The van der Waals surface area contributed by atoms with Crippen LogP contribution in [0.25, 0.3) is 0 Å². The Hall–Kier alpha value is -1.75. The summed E-state index contributed by atoms with van der Waals surface area (Å²) in [5, 5.41) is 1.17. The van der Waals surface area contributed by atoms with Gasteiger partial charge in [-0.1, -0.05) is 13.8 Å². The van der Waals surface area contributed by atoms with Crippen LogP contribution in [0.5, 0.6) is 0 Å². The first-order valence-corrected chi connectivity index (χ1v) is 9.16. The summed E-state index contributed by atoms with van der Waals surface area (Å²) in [5.41, 5.74) is 2.88. The summed E-state index contributed by atoms with van der Waals surface area (Å²) in [5.74, 6) is 0.00426. The van der Waals surface area contributed by atoms with E-state index in [9.17, 15) is 4.79 Å². The van der Waals surface area contributed by atoms with Gasteiger partial charge in [0.05, 0.1) is 21.6 Å². The van der Waals surface area contributed by atoms with Gasteiger partial charge in [0.1, 0.15) is 5.69 Å². The van der Waals surface area contributed by atoms with Crippen LogP contribution < -0.4 is 0 Å². The summed E-state index contributed by atoms with van der Waals surface area (Å²) in [6.07, 6.45) is 6.73. The van der Waals surface area contributed by atoms with Crippen molar-refractivity contribution in [2.75, 3.05) is 7.05 Å². The third-order valence-corrected chi connectivity index (χ3v) is 5.85. The molecule has 0 spiro atoms. The lowest BCUT2D eigenvalue weighted by molar-refractivity contribution is 0.0712. The van der Waals surface area contributed by atoms with Gasteiger partial charge in [0.15, 0.2) is 0 Å². The van der Waals surface area contributed by atoms with Crippen LogP contribution in [0.4, 0.5) is 0 Å². The molecule has 4 nitrogen and oxygen atoms in total. The first-order valence-electron chi connectivity index (χ1n) is 8.34. The van der Waals surface area contributed by atoms with E-state index < -0.39 is 0 Å². The van der Waals surface area contributed by atoms with Crippen LogP contribution in [0.2, 0.25) is 0 Å². The maximum absolute atomic E-state index is 12.8. The molecule has 0 aliphatic heterocycles. The van der Waals surface area contributed by atoms with E-state index in [1.807, 2.05) is 24.1 Å². The minimum Gasteiger partial charge on any atom is -0.332 e. The van der Waals surface area contributed by atoms with Gasteiger partial charge < -0.3 is 4.90 Å². The van der Waals surface area contributed by atoms with Gasteiger partial charge in [-0.3, -0.25) is 9.78 Å². The van der Waals surface area contributed by atoms with Gasteiger partial charge in [-0.15, -0.1) is 11.3 Å². The molecule has 122 valence electrons. The molecule has 0 unspecified atom stereocenters. The Morgan fingerprint density at radius 1 is 1.39 bits per heavy atom. The second kappa shape index (κ2) is 6.79. The molecule has 1 atom stereocenters. The second-order valence-corrected chi connectivity index (χ2v) is 7.11. The maximum atomic E-state index is 12.8. The average Bonchev–Trinajstić information content (AvgIpc) is 3.03. The van der Waals surface area contributed by atoms with Gasteiger partial charge in [0, 0.05) is 13.2 Å². The molecule has 2 aromatic rings. The zero-order valence-electron chi connectivity index (χ0n) is 14.0. The average molecular weight is 329 g/mol. The van der Waals surface area contributed by atoms with Crippen LogP contribution in [0.15, 0.2) is 18.3 Å². The lowest BCUT2D eigenvalue weighted by atomic mass is 9.96. The van der Waals surface area contributed by atoms with Gasteiger partial charge in [0.2, 0.25) is 0 Å². The highest BCUT2D eigenvalue weighted by molar-refractivity contribution is 7.11. The number of amides is 1. The molecule has 3 rings (SSSR count). The quantitative estimate of drug-likeness (QED) is 0.857. The third-order valence-electron chi connectivity index (χ3n) is 4.51. The largest absolute Gasteiger partial charge is 0.332 e. The molecule has 2 aromatic heterocycles. The predicted molar refractivity (Wildman–Crippen MR) is 92.9 cm³/mol. The van der Waals surface area contributed by atoms with E-state index in [1.54, 1.807) is 17.5 Å². The number of rotatable bonds is 4. The van der Waals surface area contributed by atoms with E-state index in [2.05, 4.69) is 18.8 Å². The minimum absolute atomic E-state index is 0.00426. The van der Waals surface area contributed by atoms with Crippen LogP contribution in [0.3, 0.4) is 0 Å². The number of aryl methyl sites for hydroxylation is 3. The summed E-state index contributed by atoms with van der Waals surface area (Å²) in [6, 6.07) is 4.01. The monoisotopic (exact) mass is 329 g/mol. The smallest absolute Gasteiger partial charge is 0.272 e. The van der Waals surface area contributed by atoms with Gasteiger partial charge in [-0.05, 0) is 49.8 Å². The van der Waals surface area contributed by atoms with E-state index in [0.717, 1.165) is 37.7 Å². The number of thiazole rings is 1. The number of carbonyl (C=O) groups is 1. The second-order valence-electron chi connectivity index (χ2n) is 6.00. The zero-order valence-corrected chi connectivity index (χ0v) is 14.8. The van der Waals surface area contributed by atoms with Crippen molar-refractivity contribution in [1.82, 2.24) is 14.9 Å². The lowest BCUT2D eigenvalue weighted by Gasteiger charge is -2.30. The lowest BCUT2D eigenvalue weighted by Crippen LogP contribution is -2.33. The van der Waals surface area contributed by atoms with Crippen LogP contribution >= 0.6 is 11.3 Å². The number of aromatic nitrogens is 2. The van der Waals surface area contributed by atoms with E-state index in [1.165, 1.54) is 15.6 Å². The summed E-state index contributed by atoms with van der Waals surface area (Å²) in [6.45, 7) is 4.22. The molecule has 1 aliphatic carbocycles. The van der Waals surface area contributed by atoms with Gasteiger partial charge in [-0.2, -0.15) is 0 Å². The zero-order chi connectivity index (χ0) is 16.4. The van der Waals surface area contributed by atoms with Crippen LogP contribution in [0.1, 0.15) is 64.4 Å². The minimum atomic E-state index is 0.00426. The predicted octanol–water partition coefficient (Wildman–Crippen LogP) is 3.81. The van der Waals surface area contributed by atoms with Crippen molar-refractivity contribution >= 4 is 17.2 Å². The van der Waals surface area contributed by atoms with E-state index >= 15 is 0 Å². The molecular weight excluding hydrogens is 306 g/mol. The normalized spacial score (nSPS) is 16.9. The molecule has 0 N–H and O–H groups in total. The fourth-order valence-corrected chi connectivity index (χ4v) is 4.33. The Kier molecular flexibility index (Phi) is 4.76. The molecule has 23 heavy (non-hydrogen) atoms. The number of carbonyl (C=O) groups excluding carboxylic acids is 1. The molecule has 2 heterocycles. The number of pyridine rings is 1. The van der Waals surface area contributed by atoms with Crippen molar-refractivity contribution in [1.29, 1.82) is 0 Å². The summed E-state index contributed by atoms with van der Waals surface area (Å²) in [7, 11) is 1.90. The highest BCUT2D eigenvalue weighted by Crippen LogP contribution is 2.38. The fraction of sp³-hybridized carbons (Fsp3) is 0.500. The van der Waals surface area contributed by atoms with Crippen LogP contribution in [-0.2, 0) is 19.3 Å². The molecule has 0 saturated carbocycles. The Morgan fingerprint density at radius 2 is 2.22 bits per heavy atom. The number of hydrogen-bond donors (Lipinski definition) is 0. The topological polar surface area (TPSA) is 46.1 Å². The molecule has 1 amide bonds. The van der Waals surface area contributed by atoms with E-state index in [-0.39, 0.29) is 11.9 Å². The number of hydrogen-bond acceptors (Lipinski definition) is 4. The van der Waals surface area contributed by atoms with Gasteiger partial charge in [0.25, 0.3) is 5.91 Å². The first kappa shape index (κ1) is 16.1. The van der Waals surface area contributed by atoms with Gasteiger partial charge >= 0.3 is 0 Å². The number of nitrogens with zero attached hydrogens (tertiary/aromatic N) is 3. The molecule has 0 fully saturated rings. The van der Waals surface area contributed by atoms with Crippen molar-refractivity contribution in [2.24, 2.45) is 0 Å². The summed E-state index contributed by atoms with van der Waals surface area (Å²) in [4.78, 5) is 25.0. The molecule has 1 aliphatic rings. The van der Waals surface area contributed by atoms with Gasteiger partial charge in [-0.25, -0.2) is 4.98 Å². The molecule has 5 heteroatoms. The Labute approximate surface area is 141 Å². The Morgan fingerprint density at radius 3 is 2.96 bits per heavy atom. The molecule has 0 bridgehead atoms. The molecule has 0 saturated heterocycles.